The third-order valence-corrected chi connectivity index (χ3v) is 6.10. The van der Waals surface area contributed by atoms with E-state index >= 15 is 0 Å². The van der Waals surface area contributed by atoms with E-state index in [0.29, 0.717) is 12.3 Å². The minimum Gasteiger partial charge on any atom is -0.496 e. The van der Waals surface area contributed by atoms with E-state index in [1.165, 1.54) is 48.8 Å². The Morgan fingerprint density at radius 3 is 2.17 bits per heavy atom. The minimum atomic E-state index is -0.913. The molecule has 0 bridgehead atoms. The molecular weight excluding hydrogens is 386 g/mol. The summed E-state index contributed by atoms with van der Waals surface area (Å²) in [7, 11) is 1.76. The van der Waals surface area contributed by atoms with Crippen molar-refractivity contribution in [3.8, 4) is 16.9 Å². The van der Waals surface area contributed by atoms with Gasteiger partial charge in [0.15, 0.2) is 0 Å². The second kappa shape index (κ2) is 11.0. The van der Waals surface area contributed by atoms with E-state index in [0.717, 1.165) is 17.7 Å². The Kier molecular flexibility index (Phi) is 8.97. The van der Waals surface area contributed by atoms with Crippen LogP contribution >= 0.6 is 12.4 Å². The van der Waals surface area contributed by atoms with E-state index in [1.807, 2.05) is 0 Å². The first kappa shape index (κ1) is 23.7. The fourth-order valence-corrected chi connectivity index (χ4v) is 4.11. The normalized spacial score (nSPS) is 15.0. The lowest BCUT2D eigenvalue weighted by molar-refractivity contribution is 0.115. The van der Waals surface area contributed by atoms with Gasteiger partial charge in [-0.05, 0) is 66.0 Å². The number of hydrogen-bond donors (Lipinski definition) is 3. The molecule has 0 unspecified atom stereocenters. The zero-order chi connectivity index (χ0) is 20.0. The number of methoxy groups -OCH3 is 1. The molecule has 160 valence electrons. The number of hydrogen-bond acceptors (Lipinski definition) is 4. The molecule has 4 nitrogen and oxygen atoms in total. The summed E-state index contributed by atoms with van der Waals surface area (Å²) in [5.74, 6) is 1.59. The molecule has 1 aliphatic rings. The summed E-state index contributed by atoms with van der Waals surface area (Å²) < 4.78 is 5.64. The van der Waals surface area contributed by atoms with Crippen molar-refractivity contribution in [3.05, 3.63) is 53.6 Å². The SMILES string of the molecule is COc1ccc(-c2ccc(CCC(N)(CO)CO)cc2)cc1C1CCCCC1.Cl. The zero-order valence-corrected chi connectivity index (χ0v) is 18.1. The van der Waals surface area contributed by atoms with Crippen molar-refractivity contribution < 1.29 is 14.9 Å². The molecule has 4 N–H and O–H groups in total. The van der Waals surface area contributed by atoms with Crippen molar-refractivity contribution >= 4 is 12.4 Å². The lowest BCUT2D eigenvalue weighted by Gasteiger charge is -2.24. The van der Waals surface area contributed by atoms with Crippen LogP contribution in [0.4, 0.5) is 0 Å². The summed E-state index contributed by atoms with van der Waals surface area (Å²) >= 11 is 0. The van der Waals surface area contributed by atoms with Crippen molar-refractivity contribution in [1.82, 2.24) is 0 Å². The molecule has 0 saturated heterocycles. The fraction of sp³-hybridized carbons (Fsp3) is 0.500. The number of aryl methyl sites for hydroxylation is 1. The monoisotopic (exact) mass is 419 g/mol. The van der Waals surface area contributed by atoms with Crippen LogP contribution in [0.15, 0.2) is 42.5 Å². The zero-order valence-electron chi connectivity index (χ0n) is 17.3. The molecule has 0 heterocycles. The van der Waals surface area contributed by atoms with E-state index < -0.39 is 5.54 Å². The summed E-state index contributed by atoms with van der Waals surface area (Å²) in [5, 5.41) is 18.7. The molecule has 5 heteroatoms. The van der Waals surface area contributed by atoms with Gasteiger partial charge in [0.1, 0.15) is 5.75 Å². The first-order valence-electron chi connectivity index (χ1n) is 10.4. The first-order valence-corrected chi connectivity index (χ1v) is 10.4. The van der Waals surface area contributed by atoms with E-state index in [9.17, 15) is 10.2 Å². The van der Waals surface area contributed by atoms with Gasteiger partial charge in [-0.15, -0.1) is 12.4 Å². The van der Waals surface area contributed by atoms with Gasteiger partial charge in [0.25, 0.3) is 0 Å². The molecule has 2 aromatic rings. The van der Waals surface area contributed by atoms with Gasteiger partial charge in [0.05, 0.1) is 25.9 Å². The van der Waals surface area contributed by atoms with Crippen molar-refractivity contribution in [3.63, 3.8) is 0 Å². The van der Waals surface area contributed by atoms with Gasteiger partial charge in [-0.3, -0.25) is 0 Å². The molecule has 1 aliphatic carbocycles. The average Bonchev–Trinajstić information content (AvgIpc) is 2.78. The van der Waals surface area contributed by atoms with Crippen LogP contribution in [0.1, 0.15) is 55.6 Å². The highest BCUT2D eigenvalue weighted by molar-refractivity contribution is 5.85. The Morgan fingerprint density at radius 1 is 0.966 bits per heavy atom. The van der Waals surface area contributed by atoms with Crippen LogP contribution in [0.3, 0.4) is 0 Å². The van der Waals surface area contributed by atoms with Gasteiger partial charge >= 0.3 is 0 Å². The summed E-state index contributed by atoms with van der Waals surface area (Å²) in [4.78, 5) is 0. The number of aliphatic hydroxyl groups excluding tert-OH is 2. The highest BCUT2D eigenvalue weighted by Crippen LogP contribution is 2.39. The van der Waals surface area contributed by atoms with Gasteiger partial charge in [0, 0.05) is 0 Å². The molecule has 0 atom stereocenters. The molecule has 2 aromatic carbocycles. The molecule has 0 aliphatic heterocycles. The largest absolute Gasteiger partial charge is 0.496 e. The third-order valence-electron chi connectivity index (χ3n) is 6.10. The van der Waals surface area contributed by atoms with E-state index in [4.69, 9.17) is 10.5 Å². The number of rotatable bonds is 8. The molecule has 1 fully saturated rings. The third kappa shape index (κ3) is 5.95. The number of aliphatic hydroxyl groups is 2. The number of ether oxygens (including phenoxy) is 1. The second-order valence-electron chi connectivity index (χ2n) is 8.17. The maximum absolute atomic E-state index is 9.34. The van der Waals surface area contributed by atoms with Gasteiger partial charge in [-0.2, -0.15) is 0 Å². The topological polar surface area (TPSA) is 75.7 Å². The number of nitrogens with two attached hydrogens (primary N) is 1. The Balaban J connectivity index is 0.00000300. The summed E-state index contributed by atoms with van der Waals surface area (Å²) in [6.07, 6.45) is 7.72. The number of halogens is 1. The molecule has 29 heavy (non-hydrogen) atoms. The smallest absolute Gasteiger partial charge is 0.122 e. The molecule has 3 rings (SSSR count). The van der Waals surface area contributed by atoms with Crippen LogP contribution in [0, 0.1) is 0 Å². The Bertz CT molecular complexity index is 753. The predicted octanol–water partition coefficient (Wildman–Crippen LogP) is 4.45. The van der Waals surface area contributed by atoms with Gasteiger partial charge in [-0.1, -0.05) is 49.6 Å². The van der Waals surface area contributed by atoms with Crippen LogP contribution in [0.2, 0.25) is 0 Å². The van der Waals surface area contributed by atoms with E-state index in [1.54, 1.807) is 7.11 Å². The van der Waals surface area contributed by atoms with Gasteiger partial charge in [0.2, 0.25) is 0 Å². The van der Waals surface area contributed by atoms with Crippen LogP contribution < -0.4 is 10.5 Å². The van der Waals surface area contributed by atoms with Crippen molar-refractivity contribution in [2.24, 2.45) is 5.73 Å². The van der Waals surface area contributed by atoms with Gasteiger partial charge < -0.3 is 20.7 Å². The summed E-state index contributed by atoms with van der Waals surface area (Å²) in [6.45, 7) is -0.422. The first-order chi connectivity index (χ1) is 13.6. The highest BCUT2D eigenvalue weighted by atomic mass is 35.5. The highest BCUT2D eigenvalue weighted by Gasteiger charge is 2.22. The molecule has 1 saturated carbocycles. The van der Waals surface area contributed by atoms with Crippen LogP contribution in [0.5, 0.6) is 5.75 Å². The van der Waals surface area contributed by atoms with Crippen molar-refractivity contribution in [1.29, 1.82) is 0 Å². The quantitative estimate of drug-likeness (QED) is 0.591. The lowest BCUT2D eigenvalue weighted by atomic mass is 9.82. The maximum Gasteiger partial charge on any atom is 0.122 e. The minimum absolute atomic E-state index is 0. The van der Waals surface area contributed by atoms with E-state index in [2.05, 4.69) is 42.5 Å². The Labute approximate surface area is 180 Å². The molecule has 0 amide bonds. The van der Waals surface area contributed by atoms with Gasteiger partial charge in [-0.25, -0.2) is 0 Å². The summed E-state index contributed by atoms with van der Waals surface area (Å²) in [6, 6.07) is 15.0. The van der Waals surface area contributed by atoms with Crippen molar-refractivity contribution in [2.75, 3.05) is 20.3 Å². The summed E-state index contributed by atoms with van der Waals surface area (Å²) in [5.41, 5.74) is 9.95. The molecule has 0 radical (unpaired) electrons. The maximum atomic E-state index is 9.34. The predicted molar refractivity (Wildman–Crippen MR) is 121 cm³/mol. The Morgan fingerprint density at radius 2 is 1.59 bits per heavy atom. The standard InChI is InChI=1S/C24H33NO3.ClH/c1-28-23-12-11-21(15-22(23)20-5-3-2-4-6-20)19-9-7-18(8-10-19)13-14-24(25,16-26)17-27;/h7-12,15,20,26-27H,2-6,13-14,16-17,25H2,1H3;1H. The lowest BCUT2D eigenvalue weighted by Crippen LogP contribution is -2.47. The molecule has 0 aromatic heterocycles. The van der Waals surface area contributed by atoms with Crippen LogP contribution in [-0.4, -0.2) is 36.1 Å². The van der Waals surface area contributed by atoms with E-state index in [-0.39, 0.29) is 25.6 Å². The molecular formula is C24H34ClNO3. The molecule has 0 spiro atoms. The fourth-order valence-electron chi connectivity index (χ4n) is 4.11. The Hall–Kier alpha value is -1.59. The average molecular weight is 420 g/mol. The second-order valence-corrected chi connectivity index (χ2v) is 8.17. The number of benzene rings is 2. The van der Waals surface area contributed by atoms with Crippen molar-refractivity contribution in [2.45, 2.75) is 56.4 Å². The van der Waals surface area contributed by atoms with Crippen LogP contribution in [0.25, 0.3) is 11.1 Å². The van der Waals surface area contributed by atoms with Crippen LogP contribution in [-0.2, 0) is 6.42 Å².